The number of aromatic nitrogens is 2. The van der Waals surface area contributed by atoms with E-state index in [1.54, 1.807) is 4.68 Å². The SMILES string of the molecule is O=C(NCCc1ccn(-c2ccccc2)n1)C1CCN(S(=O)(=O)c2ccc(F)cc2)CC1. The van der Waals surface area contributed by atoms with Gasteiger partial charge in [-0.2, -0.15) is 9.40 Å². The highest BCUT2D eigenvalue weighted by molar-refractivity contribution is 7.89. The first kappa shape index (κ1) is 22.2. The molecule has 7 nitrogen and oxygen atoms in total. The average molecular weight is 457 g/mol. The van der Waals surface area contributed by atoms with Gasteiger partial charge in [-0.05, 0) is 55.3 Å². The fourth-order valence-electron chi connectivity index (χ4n) is 3.79. The smallest absolute Gasteiger partial charge is 0.243 e. The molecule has 1 aliphatic rings. The van der Waals surface area contributed by atoms with Gasteiger partial charge in [0.25, 0.3) is 0 Å². The van der Waals surface area contributed by atoms with E-state index in [1.165, 1.54) is 16.4 Å². The molecule has 32 heavy (non-hydrogen) atoms. The van der Waals surface area contributed by atoms with E-state index in [1.807, 2.05) is 42.6 Å². The Kier molecular flexibility index (Phi) is 6.66. The molecule has 168 valence electrons. The van der Waals surface area contributed by atoms with Gasteiger partial charge < -0.3 is 5.32 Å². The Morgan fingerprint density at radius 3 is 2.41 bits per heavy atom. The van der Waals surface area contributed by atoms with Gasteiger partial charge in [-0.3, -0.25) is 4.79 Å². The first-order chi connectivity index (χ1) is 15.4. The molecule has 0 spiro atoms. The number of sulfonamides is 1. The number of benzene rings is 2. The predicted molar refractivity (Wildman–Crippen MR) is 118 cm³/mol. The van der Waals surface area contributed by atoms with Gasteiger partial charge in [0, 0.05) is 38.2 Å². The number of halogens is 1. The lowest BCUT2D eigenvalue weighted by molar-refractivity contribution is -0.126. The van der Waals surface area contributed by atoms with E-state index >= 15 is 0 Å². The molecule has 1 fully saturated rings. The van der Waals surface area contributed by atoms with Crippen LogP contribution in [0.5, 0.6) is 0 Å². The molecule has 2 aromatic carbocycles. The number of nitrogens with one attached hydrogen (secondary N) is 1. The average Bonchev–Trinajstić information content (AvgIpc) is 3.29. The van der Waals surface area contributed by atoms with Crippen molar-refractivity contribution in [3.8, 4) is 5.69 Å². The molecule has 0 atom stereocenters. The molecule has 0 saturated carbocycles. The van der Waals surface area contributed by atoms with E-state index in [4.69, 9.17) is 0 Å². The molecule has 3 aromatic rings. The second-order valence-electron chi connectivity index (χ2n) is 7.76. The summed E-state index contributed by atoms with van der Waals surface area (Å²) in [5.41, 5.74) is 1.86. The second-order valence-corrected chi connectivity index (χ2v) is 9.70. The van der Waals surface area contributed by atoms with Crippen LogP contribution >= 0.6 is 0 Å². The summed E-state index contributed by atoms with van der Waals surface area (Å²) in [4.78, 5) is 12.6. The van der Waals surface area contributed by atoms with E-state index in [9.17, 15) is 17.6 Å². The molecule has 0 bridgehead atoms. The minimum absolute atomic E-state index is 0.0636. The summed E-state index contributed by atoms with van der Waals surface area (Å²) in [5.74, 6) is -0.769. The Morgan fingerprint density at radius 2 is 1.72 bits per heavy atom. The highest BCUT2D eigenvalue weighted by atomic mass is 32.2. The van der Waals surface area contributed by atoms with Gasteiger partial charge in [-0.25, -0.2) is 17.5 Å². The van der Waals surface area contributed by atoms with Crippen LogP contribution < -0.4 is 5.32 Å². The number of carbonyl (C=O) groups is 1. The number of nitrogens with zero attached hydrogens (tertiary/aromatic N) is 3. The van der Waals surface area contributed by atoms with Gasteiger partial charge in [0.05, 0.1) is 16.3 Å². The zero-order valence-electron chi connectivity index (χ0n) is 17.5. The summed E-state index contributed by atoms with van der Waals surface area (Å²) in [7, 11) is -3.68. The third-order valence-corrected chi connectivity index (χ3v) is 7.53. The molecule has 1 saturated heterocycles. The fourth-order valence-corrected chi connectivity index (χ4v) is 5.26. The zero-order chi connectivity index (χ0) is 22.6. The maximum absolute atomic E-state index is 13.1. The van der Waals surface area contributed by atoms with Crippen LogP contribution in [0.15, 0.2) is 71.8 Å². The molecular formula is C23H25FN4O3S. The molecule has 1 N–H and O–H groups in total. The maximum atomic E-state index is 13.1. The van der Waals surface area contributed by atoms with Gasteiger partial charge in [-0.1, -0.05) is 18.2 Å². The normalized spacial score (nSPS) is 15.5. The molecule has 0 unspecified atom stereocenters. The summed E-state index contributed by atoms with van der Waals surface area (Å²) in [6, 6.07) is 16.5. The number of amides is 1. The first-order valence-electron chi connectivity index (χ1n) is 10.6. The van der Waals surface area contributed by atoms with E-state index in [-0.39, 0.29) is 29.8 Å². The Labute approximate surface area is 186 Å². The van der Waals surface area contributed by atoms with Crippen LogP contribution in [0.3, 0.4) is 0 Å². The molecule has 4 rings (SSSR count). The Morgan fingerprint density at radius 1 is 1.03 bits per heavy atom. The minimum atomic E-state index is -3.68. The Hall–Kier alpha value is -3.04. The minimum Gasteiger partial charge on any atom is -0.355 e. The van der Waals surface area contributed by atoms with Crippen molar-refractivity contribution in [1.82, 2.24) is 19.4 Å². The third-order valence-electron chi connectivity index (χ3n) is 5.62. The van der Waals surface area contributed by atoms with Crippen LogP contribution in [0.4, 0.5) is 4.39 Å². The molecule has 9 heteroatoms. The zero-order valence-corrected chi connectivity index (χ0v) is 18.3. The van der Waals surface area contributed by atoms with E-state index in [2.05, 4.69) is 10.4 Å². The van der Waals surface area contributed by atoms with Gasteiger partial charge in [0.15, 0.2) is 0 Å². The van der Waals surface area contributed by atoms with Crippen LogP contribution in [0.25, 0.3) is 5.69 Å². The fraction of sp³-hybridized carbons (Fsp3) is 0.304. The summed E-state index contributed by atoms with van der Waals surface area (Å²) in [5, 5.41) is 7.47. The van der Waals surface area contributed by atoms with Crippen molar-refractivity contribution in [3.05, 3.63) is 78.4 Å². The summed E-state index contributed by atoms with van der Waals surface area (Å²) in [6.45, 7) is 0.997. The monoisotopic (exact) mass is 456 g/mol. The van der Waals surface area contributed by atoms with Crippen molar-refractivity contribution >= 4 is 15.9 Å². The van der Waals surface area contributed by atoms with Crippen molar-refractivity contribution in [2.24, 2.45) is 5.92 Å². The molecular weight excluding hydrogens is 431 g/mol. The van der Waals surface area contributed by atoms with Crippen molar-refractivity contribution in [2.45, 2.75) is 24.2 Å². The highest BCUT2D eigenvalue weighted by Crippen LogP contribution is 2.24. The van der Waals surface area contributed by atoms with E-state index in [0.717, 1.165) is 23.5 Å². The quantitative estimate of drug-likeness (QED) is 0.593. The molecule has 1 amide bonds. The first-order valence-corrected chi connectivity index (χ1v) is 12.0. The van der Waals surface area contributed by atoms with Gasteiger partial charge >= 0.3 is 0 Å². The lowest BCUT2D eigenvalue weighted by Gasteiger charge is -2.30. The largest absolute Gasteiger partial charge is 0.355 e. The van der Waals surface area contributed by atoms with E-state index in [0.29, 0.717) is 25.8 Å². The number of carbonyl (C=O) groups excluding carboxylic acids is 1. The number of hydrogen-bond donors (Lipinski definition) is 1. The van der Waals surface area contributed by atoms with Crippen molar-refractivity contribution in [1.29, 1.82) is 0 Å². The number of hydrogen-bond acceptors (Lipinski definition) is 4. The predicted octanol–water partition coefficient (Wildman–Crippen LogP) is 2.77. The van der Waals surface area contributed by atoms with Crippen LogP contribution in [-0.4, -0.2) is 48.0 Å². The standard InChI is InChI=1S/C23H25FN4O3S/c24-19-6-8-22(9-7-19)32(30,31)27-15-11-18(12-16-27)23(29)25-14-10-20-13-17-28(26-20)21-4-2-1-3-5-21/h1-9,13,17-18H,10-12,14-16H2,(H,25,29). The third kappa shape index (κ3) is 5.05. The lowest BCUT2D eigenvalue weighted by atomic mass is 9.97. The van der Waals surface area contributed by atoms with Crippen LogP contribution in [-0.2, 0) is 21.2 Å². The van der Waals surface area contributed by atoms with Gasteiger partial charge in [0.2, 0.25) is 15.9 Å². The summed E-state index contributed by atoms with van der Waals surface area (Å²) < 4.78 is 41.7. The topological polar surface area (TPSA) is 84.3 Å². The van der Waals surface area contributed by atoms with Crippen molar-refractivity contribution < 1.29 is 17.6 Å². The molecule has 1 aliphatic heterocycles. The maximum Gasteiger partial charge on any atom is 0.243 e. The number of rotatable bonds is 7. The second kappa shape index (κ2) is 9.62. The molecule has 1 aromatic heterocycles. The lowest BCUT2D eigenvalue weighted by Crippen LogP contribution is -2.43. The van der Waals surface area contributed by atoms with Crippen molar-refractivity contribution in [2.75, 3.05) is 19.6 Å². The number of para-hydroxylation sites is 1. The summed E-state index contributed by atoms with van der Waals surface area (Å²) in [6.07, 6.45) is 3.41. The van der Waals surface area contributed by atoms with Crippen LogP contribution in [0, 0.1) is 11.7 Å². The van der Waals surface area contributed by atoms with Crippen LogP contribution in [0.1, 0.15) is 18.5 Å². The summed E-state index contributed by atoms with van der Waals surface area (Å²) >= 11 is 0. The molecule has 2 heterocycles. The highest BCUT2D eigenvalue weighted by Gasteiger charge is 2.32. The van der Waals surface area contributed by atoms with Crippen LogP contribution in [0.2, 0.25) is 0 Å². The number of piperidine rings is 1. The van der Waals surface area contributed by atoms with Crippen molar-refractivity contribution in [3.63, 3.8) is 0 Å². The van der Waals surface area contributed by atoms with Gasteiger partial charge in [0.1, 0.15) is 5.82 Å². The molecule has 0 radical (unpaired) electrons. The Bertz CT molecular complexity index is 1160. The Balaban J connectivity index is 1.24. The molecule has 0 aliphatic carbocycles. The van der Waals surface area contributed by atoms with Gasteiger partial charge in [-0.15, -0.1) is 0 Å². The van der Waals surface area contributed by atoms with E-state index < -0.39 is 15.8 Å².